The predicted octanol–water partition coefficient (Wildman–Crippen LogP) is 3.39. The summed E-state index contributed by atoms with van der Waals surface area (Å²) in [7, 11) is 2.81. The van der Waals surface area contributed by atoms with Crippen molar-refractivity contribution in [1.29, 1.82) is 0 Å². The highest BCUT2D eigenvalue weighted by molar-refractivity contribution is 5.86. The molecule has 1 fully saturated rings. The van der Waals surface area contributed by atoms with Gasteiger partial charge in [0.05, 0.1) is 32.1 Å². The second kappa shape index (κ2) is 10.3. The molecule has 1 N–H and O–H groups in total. The lowest BCUT2D eigenvalue weighted by atomic mass is 9.77. The maximum atomic E-state index is 13.7. The number of carbonyl (C=O) groups excluding carboxylic acids is 2. The van der Waals surface area contributed by atoms with Gasteiger partial charge in [-0.05, 0) is 81.8 Å². The largest absolute Gasteiger partial charge is 0.497 e. The van der Waals surface area contributed by atoms with Crippen LogP contribution in [0.5, 0.6) is 11.5 Å². The van der Waals surface area contributed by atoms with Gasteiger partial charge >= 0.3 is 11.9 Å². The Bertz CT molecular complexity index is 1170. The monoisotopic (exact) mass is 527 g/mol. The third kappa shape index (κ3) is 4.56. The number of allylic oxidation sites excluding steroid dienone is 2. The maximum absolute atomic E-state index is 13.7. The molecule has 0 bridgehead atoms. The van der Waals surface area contributed by atoms with E-state index in [2.05, 4.69) is 11.0 Å². The second-order valence-corrected chi connectivity index (χ2v) is 10.9. The molecule has 3 aliphatic heterocycles. The molecule has 4 aliphatic rings. The summed E-state index contributed by atoms with van der Waals surface area (Å²) in [6.07, 6.45) is 5.92. The van der Waals surface area contributed by atoms with Gasteiger partial charge in [-0.3, -0.25) is 9.69 Å². The lowest BCUT2D eigenvalue weighted by molar-refractivity contribution is -0.178. The van der Waals surface area contributed by atoms with E-state index < -0.39 is 35.6 Å². The van der Waals surface area contributed by atoms with Crippen molar-refractivity contribution in [2.45, 2.75) is 75.5 Å². The first-order valence-corrected chi connectivity index (χ1v) is 13.3. The SMILES string of the molecule is COC(=O)C[C@](O)(CCC=C(C)C)C(=O)O[C@@H]1C(OC)=C[C@]23CCCN2CCc2cc4c(cc2[C@H]13)OCO4. The zero-order chi connectivity index (χ0) is 27.1. The summed E-state index contributed by atoms with van der Waals surface area (Å²) in [6.45, 7) is 5.83. The smallest absolute Gasteiger partial charge is 0.339 e. The van der Waals surface area contributed by atoms with Crippen LogP contribution < -0.4 is 9.47 Å². The molecule has 4 atom stereocenters. The summed E-state index contributed by atoms with van der Waals surface area (Å²) in [5, 5.41) is 11.5. The molecule has 9 nitrogen and oxygen atoms in total. The average molecular weight is 528 g/mol. The van der Waals surface area contributed by atoms with Crippen LogP contribution in [0.4, 0.5) is 0 Å². The van der Waals surface area contributed by atoms with Crippen LogP contribution in [0.3, 0.4) is 0 Å². The minimum absolute atomic E-state index is 0.0298. The van der Waals surface area contributed by atoms with Crippen LogP contribution in [-0.2, 0) is 30.2 Å². The minimum Gasteiger partial charge on any atom is -0.497 e. The summed E-state index contributed by atoms with van der Waals surface area (Å²) in [6, 6.07) is 4.04. The van der Waals surface area contributed by atoms with Crippen molar-refractivity contribution in [2.75, 3.05) is 34.1 Å². The number of hydrogen-bond donors (Lipinski definition) is 1. The number of carbonyl (C=O) groups is 2. The molecule has 0 amide bonds. The fraction of sp³-hybridized carbons (Fsp3) is 0.586. The topological polar surface area (TPSA) is 104 Å². The highest BCUT2D eigenvalue weighted by Gasteiger charge is 2.59. The number of nitrogens with zero attached hydrogens (tertiary/aromatic N) is 1. The van der Waals surface area contributed by atoms with Gasteiger partial charge in [0.2, 0.25) is 6.79 Å². The molecular formula is C29H37NO8. The number of fused-ring (bicyclic) bond motifs is 3. The Balaban J connectivity index is 1.53. The number of benzene rings is 1. The van der Waals surface area contributed by atoms with Crippen molar-refractivity contribution in [3.8, 4) is 11.5 Å². The van der Waals surface area contributed by atoms with E-state index in [1.807, 2.05) is 32.1 Å². The van der Waals surface area contributed by atoms with E-state index in [1.54, 1.807) is 7.11 Å². The van der Waals surface area contributed by atoms with Crippen molar-refractivity contribution >= 4 is 11.9 Å². The number of rotatable bonds is 8. The summed E-state index contributed by atoms with van der Waals surface area (Å²) in [5.74, 6) is 0.137. The summed E-state index contributed by atoms with van der Waals surface area (Å²) >= 11 is 0. The van der Waals surface area contributed by atoms with Crippen LogP contribution in [-0.4, -0.2) is 73.3 Å². The van der Waals surface area contributed by atoms with Gasteiger partial charge < -0.3 is 28.8 Å². The molecule has 0 radical (unpaired) electrons. The molecule has 1 saturated heterocycles. The molecule has 0 unspecified atom stereocenters. The van der Waals surface area contributed by atoms with Gasteiger partial charge in [0.1, 0.15) is 5.76 Å². The van der Waals surface area contributed by atoms with Crippen molar-refractivity contribution < 1.29 is 38.4 Å². The first-order valence-electron chi connectivity index (χ1n) is 13.3. The van der Waals surface area contributed by atoms with E-state index in [-0.39, 0.29) is 19.1 Å². The first kappa shape index (κ1) is 26.6. The van der Waals surface area contributed by atoms with E-state index in [1.165, 1.54) is 7.11 Å². The molecule has 1 aliphatic carbocycles. The number of hydrogen-bond acceptors (Lipinski definition) is 9. The summed E-state index contributed by atoms with van der Waals surface area (Å²) in [5.41, 5.74) is 0.772. The molecule has 0 saturated carbocycles. The molecule has 0 aromatic heterocycles. The molecule has 1 aromatic rings. The van der Waals surface area contributed by atoms with E-state index in [9.17, 15) is 14.7 Å². The third-order valence-electron chi connectivity index (χ3n) is 8.35. The normalized spacial score (nSPS) is 26.7. The lowest BCUT2D eigenvalue weighted by Gasteiger charge is -2.39. The summed E-state index contributed by atoms with van der Waals surface area (Å²) in [4.78, 5) is 28.4. The molecule has 1 spiro atoms. The Morgan fingerprint density at radius 1 is 1.21 bits per heavy atom. The van der Waals surface area contributed by atoms with Gasteiger partial charge in [0.15, 0.2) is 23.2 Å². The van der Waals surface area contributed by atoms with Crippen molar-refractivity contribution in [1.82, 2.24) is 4.90 Å². The predicted molar refractivity (Wildman–Crippen MR) is 138 cm³/mol. The third-order valence-corrected chi connectivity index (χ3v) is 8.35. The highest BCUT2D eigenvalue weighted by atomic mass is 16.7. The van der Waals surface area contributed by atoms with Gasteiger partial charge in [-0.15, -0.1) is 0 Å². The van der Waals surface area contributed by atoms with Crippen LogP contribution >= 0.6 is 0 Å². The van der Waals surface area contributed by atoms with Gasteiger partial charge in [-0.25, -0.2) is 4.79 Å². The van der Waals surface area contributed by atoms with Crippen LogP contribution in [0, 0.1) is 0 Å². The number of methoxy groups -OCH3 is 2. The summed E-state index contributed by atoms with van der Waals surface area (Å²) < 4.78 is 28.2. The van der Waals surface area contributed by atoms with Crippen LogP contribution in [0.15, 0.2) is 35.6 Å². The van der Waals surface area contributed by atoms with Crippen molar-refractivity contribution in [2.24, 2.45) is 0 Å². The van der Waals surface area contributed by atoms with E-state index in [0.29, 0.717) is 17.9 Å². The van der Waals surface area contributed by atoms with E-state index in [0.717, 1.165) is 54.8 Å². The van der Waals surface area contributed by atoms with E-state index >= 15 is 0 Å². The highest BCUT2D eigenvalue weighted by Crippen LogP contribution is 2.55. The molecule has 38 heavy (non-hydrogen) atoms. The second-order valence-electron chi connectivity index (χ2n) is 10.9. The van der Waals surface area contributed by atoms with Crippen LogP contribution in [0.2, 0.25) is 0 Å². The Hall–Kier alpha value is -3.04. The molecular weight excluding hydrogens is 490 g/mol. The Morgan fingerprint density at radius 2 is 1.97 bits per heavy atom. The maximum Gasteiger partial charge on any atom is 0.339 e. The van der Waals surface area contributed by atoms with Crippen LogP contribution in [0.1, 0.15) is 63.0 Å². The number of aliphatic hydroxyl groups is 1. The molecule has 206 valence electrons. The zero-order valence-corrected chi connectivity index (χ0v) is 22.6. The van der Waals surface area contributed by atoms with Crippen molar-refractivity contribution in [3.63, 3.8) is 0 Å². The van der Waals surface area contributed by atoms with Crippen molar-refractivity contribution in [3.05, 3.63) is 46.7 Å². The Morgan fingerprint density at radius 3 is 2.68 bits per heavy atom. The molecule has 3 heterocycles. The lowest BCUT2D eigenvalue weighted by Crippen LogP contribution is -2.49. The molecule has 1 aromatic carbocycles. The van der Waals surface area contributed by atoms with Crippen LogP contribution in [0.25, 0.3) is 0 Å². The van der Waals surface area contributed by atoms with Gasteiger partial charge in [-0.2, -0.15) is 0 Å². The fourth-order valence-corrected chi connectivity index (χ4v) is 6.49. The Kier molecular flexibility index (Phi) is 7.17. The Labute approximate surface area is 223 Å². The van der Waals surface area contributed by atoms with E-state index in [4.69, 9.17) is 23.7 Å². The zero-order valence-electron chi connectivity index (χ0n) is 22.6. The van der Waals surface area contributed by atoms with Gasteiger partial charge in [0.25, 0.3) is 0 Å². The standard InChI is InChI=1S/C29H37NO8/c1-18(2)7-5-10-29(33,16-24(31)35-4)27(32)38-26-23(34-3)15-28-9-6-11-30(28)12-8-19-13-21-22(37-17-36-21)14-20(19)25(26)28/h7,13-15,25-26,33H,5-6,8-12,16-17H2,1-4H3/t25-,26-,28+,29-/m1/s1. The first-order chi connectivity index (χ1) is 18.2. The number of esters is 2. The molecule has 5 rings (SSSR count). The molecule has 9 heteroatoms. The van der Waals surface area contributed by atoms with Gasteiger partial charge in [0, 0.05) is 6.54 Å². The number of ether oxygens (including phenoxy) is 5. The fourth-order valence-electron chi connectivity index (χ4n) is 6.49. The quantitative estimate of drug-likeness (QED) is 0.402. The minimum atomic E-state index is -2.04. The average Bonchev–Trinajstić information content (AvgIpc) is 3.57. The van der Waals surface area contributed by atoms with Gasteiger partial charge in [-0.1, -0.05) is 11.6 Å².